The fourth-order valence-corrected chi connectivity index (χ4v) is 1.69. The van der Waals surface area contributed by atoms with Crippen LogP contribution in [0.3, 0.4) is 0 Å². The van der Waals surface area contributed by atoms with Crippen LogP contribution in [0.1, 0.15) is 23.8 Å². The average molecular weight is 309 g/mol. The van der Waals surface area contributed by atoms with Gasteiger partial charge in [-0.3, -0.25) is 4.79 Å². The Kier molecular flexibility index (Phi) is 5.05. The lowest BCUT2D eigenvalue weighted by molar-refractivity contribution is 0.102. The summed E-state index contributed by atoms with van der Waals surface area (Å²) in [7, 11) is 0. The lowest BCUT2D eigenvalue weighted by Crippen LogP contribution is -2.15. The highest BCUT2D eigenvalue weighted by Crippen LogP contribution is 2.19. The second-order valence-corrected chi connectivity index (χ2v) is 4.72. The molecular weight excluding hydrogens is 295 g/mol. The van der Waals surface area contributed by atoms with Gasteiger partial charge in [-0.15, -0.1) is 10.2 Å². The molecule has 1 amide bonds. The molecule has 1 heterocycles. The largest absolute Gasteiger partial charge is 0.369 e. The normalized spacial score (nSPS) is 10.2. The predicted molar refractivity (Wildman–Crippen MR) is 80.2 cm³/mol. The molecule has 21 heavy (non-hydrogen) atoms. The molecule has 0 aliphatic rings. The van der Waals surface area contributed by atoms with E-state index in [1.165, 1.54) is 12.1 Å². The van der Waals surface area contributed by atoms with Crippen molar-refractivity contribution in [3.63, 3.8) is 0 Å². The molecule has 0 aliphatic carbocycles. The molecule has 2 N–H and O–H groups in total. The van der Waals surface area contributed by atoms with Crippen LogP contribution in [0.2, 0.25) is 5.02 Å². The minimum absolute atomic E-state index is 0.000794. The third-order valence-corrected chi connectivity index (χ3v) is 2.94. The minimum Gasteiger partial charge on any atom is -0.369 e. The first-order chi connectivity index (χ1) is 10.1. The van der Waals surface area contributed by atoms with Gasteiger partial charge >= 0.3 is 0 Å². The molecule has 0 saturated carbocycles. The number of aromatic nitrogens is 2. The number of anilines is 2. The van der Waals surface area contributed by atoms with Crippen LogP contribution in [0.4, 0.5) is 15.9 Å². The fourth-order valence-electron chi connectivity index (χ4n) is 1.57. The number of rotatable bonds is 5. The summed E-state index contributed by atoms with van der Waals surface area (Å²) in [6.07, 6.45) is 0.964. The van der Waals surface area contributed by atoms with Crippen molar-refractivity contribution in [3.8, 4) is 0 Å². The first-order valence-electron chi connectivity index (χ1n) is 6.44. The van der Waals surface area contributed by atoms with E-state index < -0.39 is 11.7 Å². The van der Waals surface area contributed by atoms with Gasteiger partial charge in [0, 0.05) is 12.2 Å². The van der Waals surface area contributed by atoms with Gasteiger partial charge in [-0.1, -0.05) is 18.5 Å². The zero-order valence-corrected chi connectivity index (χ0v) is 12.1. The van der Waals surface area contributed by atoms with E-state index in [4.69, 9.17) is 11.6 Å². The third kappa shape index (κ3) is 4.13. The smallest absolute Gasteiger partial charge is 0.276 e. The molecule has 110 valence electrons. The zero-order valence-electron chi connectivity index (χ0n) is 11.4. The Morgan fingerprint density at radius 2 is 2.10 bits per heavy atom. The van der Waals surface area contributed by atoms with E-state index in [0.717, 1.165) is 19.0 Å². The number of carbonyl (C=O) groups excluding carboxylic acids is 1. The molecule has 1 aromatic carbocycles. The van der Waals surface area contributed by atoms with Gasteiger partial charge in [0.15, 0.2) is 5.69 Å². The van der Waals surface area contributed by atoms with Crippen molar-refractivity contribution < 1.29 is 9.18 Å². The second kappa shape index (κ2) is 6.99. The molecule has 0 bridgehead atoms. The highest BCUT2D eigenvalue weighted by atomic mass is 35.5. The molecule has 0 spiro atoms. The van der Waals surface area contributed by atoms with E-state index in [2.05, 4.69) is 20.8 Å². The van der Waals surface area contributed by atoms with E-state index in [-0.39, 0.29) is 10.7 Å². The van der Waals surface area contributed by atoms with E-state index in [0.29, 0.717) is 11.5 Å². The lowest BCUT2D eigenvalue weighted by Gasteiger charge is -2.06. The highest BCUT2D eigenvalue weighted by molar-refractivity contribution is 6.30. The van der Waals surface area contributed by atoms with Crippen molar-refractivity contribution in [3.05, 3.63) is 46.9 Å². The van der Waals surface area contributed by atoms with Gasteiger partial charge < -0.3 is 10.6 Å². The summed E-state index contributed by atoms with van der Waals surface area (Å²) in [5, 5.41) is 13.3. The standard InChI is InChI=1S/C14H14ClFN4O/c1-2-7-17-13-6-5-12(19-20-13)14(21)18-9-3-4-10(15)11(16)8-9/h3-6,8H,2,7H2,1H3,(H,17,20)(H,18,21). The number of hydrogen-bond donors (Lipinski definition) is 2. The average Bonchev–Trinajstić information content (AvgIpc) is 2.49. The Morgan fingerprint density at radius 1 is 1.29 bits per heavy atom. The molecular formula is C14H14ClFN4O. The molecule has 0 radical (unpaired) electrons. The van der Waals surface area contributed by atoms with Gasteiger partial charge in [0.1, 0.15) is 11.6 Å². The van der Waals surface area contributed by atoms with Gasteiger partial charge in [0.25, 0.3) is 5.91 Å². The Labute approximate surface area is 126 Å². The molecule has 0 saturated heterocycles. The second-order valence-electron chi connectivity index (χ2n) is 4.31. The van der Waals surface area contributed by atoms with Gasteiger partial charge in [-0.05, 0) is 36.8 Å². The number of hydrogen-bond acceptors (Lipinski definition) is 4. The van der Waals surface area contributed by atoms with Gasteiger partial charge in [-0.25, -0.2) is 4.39 Å². The van der Waals surface area contributed by atoms with Crippen LogP contribution in [0.5, 0.6) is 0 Å². The van der Waals surface area contributed by atoms with E-state index in [9.17, 15) is 9.18 Å². The molecule has 5 nitrogen and oxygen atoms in total. The number of benzene rings is 1. The van der Waals surface area contributed by atoms with Crippen LogP contribution in [0, 0.1) is 5.82 Å². The van der Waals surface area contributed by atoms with Crippen molar-refractivity contribution in [1.29, 1.82) is 0 Å². The first kappa shape index (κ1) is 15.2. The van der Waals surface area contributed by atoms with Crippen molar-refractivity contribution in [2.75, 3.05) is 17.2 Å². The van der Waals surface area contributed by atoms with Gasteiger partial charge in [-0.2, -0.15) is 0 Å². The van der Waals surface area contributed by atoms with Crippen LogP contribution < -0.4 is 10.6 Å². The molecule has 0 fully saturated rings. The Bertz CT molecular complexity index is 633. The Balaban J connectivity index is 2.04. The number of nitrogens with zero attached hydrogens (tertiary/aromatic N) is 2. The fraction of sp³-hybridized carbons (Fsp3) is 0.214. The van der Waals surface area contributed by atoms with Crippen LogP contribution in [0.15, 0.2) is 30.3 Å². The SMILES string of the molecule is CCCNc1ccc(C(=O)Nc2ccc(Cl)c(F)c2)nn1. The van der Waals surface area contributed by atoms with Crippen molar-refractivity contribution in [2.45, 2.75) is 13.3 Å². The van der Waals surface area contributed by atoms with Gasteiger partial charge in [0.2, 0.25) is 0 Å². The zero-order chi connectivity index (χ0) is 15.2. The minimum atomic E-state index is -0.598. The molecule has 0 atom stereocenters. The van der Waals surface area contributed by atoms with Crippen molar-refractivity contribution in [2.24, 2.45) is 0 Å². The Hall–Kier alpha value is -2.21. The molecule has 7 heteroatoms. The summed E-state index contributed by atoms with van der Waals surface area (Å²) in [4.78, 5) is 11.9. The quantitative estimate of drug-likeness (QED) is 0.889. The maximum absolute atomic E-state index is 13.3. The summed E-state index contributed by atoms with van der Waals surface area (Å²) >= 11 is 5.58. The molecule has 1 aromatic heterocycles. The highest BCUT2D eigenvalue weighted by Gasteiger charge is 2.10. The molecule has 0 aliphatic heterocycles. The van der Waals surface area contributed by atoms with Crippen LogP contribution >= 0.6 is 11.6 Å². The Morgan fingerprint density at radius 3 is 2.71 bits per heavy atom. The molecule has 0 unspecified atom stereocenters. The summed E-state index contributed by atoms with van der Waals surface area (Å²) in [6, 6.07) is 7.24. The number of carbonyl (C=O) groups is 1. The van der Waals surface area contributed by atoms with E-state index >= 15 is 0 Å². The number of halogens is 2. The summed E-state index contributed by atoms with van der Waals surface area (Å²) in [5.41, 5.74) is 0.448. The van der Waals surface area contributed by atoms with Crippen LogP contribution in [-0.2, 0) is 0 Å². The number of amides is 1. The van der Waals surface area contributed by atoms with E-state index in [1.54, 1.807) is 12.1 Å². The first-order valence-corrected chi connectivity index (χ1v) is 6.82. The van der Waals surface area contributed by atoms with Crippen LogP contribution in [0.25, 0.3) is 0 Å². The lowest BCUT2D eigenvalue weighted by atomic mass is 10.3. The molecule has 2 aromatic rings. The van der Waals surface area contributed by atoms with E-state index in [1.807, 2.05) is 6.92 Å². The summed E-state index contributed by atoms with van der Waals surface area (Å²) in [5.74, 6) is -0.461. The maximum atomic E-state index is 13.3. The number of nitrogens with one attached hydrogen (secondary N) is 2. The maximum Gasteiger partial charge on any atom is 0.276 e. The van der Waals surface area contributed by atoms with Crippen molar-refractivity contribution >= 4 is 29.0 Å². The monoisotopic (exact) mass is 308 g/mol. The van der Waals surface area contributed by atoms with Gasteiger partial charge in [0.05, 0.1) is 5.02 Å². The topological polar surface area (TPSA) is 66.9 Å². The summed E-state index contributed by atoms with van der Waals surface area (Å²) < 4.78 is 13.3. The predicted octanol–water partition coefficient (Wildman–Crippen LogP) is 3.34. The summed E-state index contributed by atoms with van der Waals surface area (Å²) in [6.45, 7) is 2.82. The van der Waals surface area contributed by atoms with Crippen molar-refractivity contribution in [1.82, 2.24) is 10.2 Å². The molecule has 2 rings (SSSR count). The third-order valence-electron chi connectivity index (χ3n) is 2.63. The van der Waals surface area contributed by atoms with Crippen LogP contribution in [-0.4, -0.2) is 22.6 Å².